The number of aryl methyl sites for hydroxylation is 1. The molecule has 0 unspecified atom stereocenters. The lowest BCUT2D eigenvalue weighted by Crippen LogP contribution is -1.99. The van der Waals surface area contributed by atoms with Gasteiger partial charge in [0.15, 0.2) is 0 Å². The summed E-state index contributed by atoms with van der Waals surface area (Å²) in [5.74, 6) is -0.835. The van der Waals surface area contributed by atoms with Gasteiger partial charge in [-0.25, -0.2) is 4.98 Å². The third kappa shape index (κ3) is 3.48. The van der Waals surface area contributed by atoms with Gasteiger partial charge in [-0.1, -0.05) is 61.5 Å². The van der Waals surface area contributed by atoms with Gasteiger partial charge < -0.3 is 5.11 Å². The Labute approximate surface area is 139 Å². The molecular weight excluding hydrogens is 306 g/mol. The summed E-state index contributed by atoms with van der Waals surface area (Å²) in [6.07, 6.45) is 0.993. The first-order chi connectivity index (χ1) is 11.2. The van der Waals surface area contributed by atoms with E-state index in [4.69, 9.17) is 10.1 Å². The van der Waals surface area contributed by atoms with E-state index in [2.05, 4.69) is 31.2 Å². The summed E-state index contributed by atoms with van der Waals surface area (Å²) in [7, 11) is 0. The Kier molecular flexibility index (Phi) is 4.53. The fraction of sp³-hybridized carbons (Fsp3) is 0.158. The van der Waals surface area contributed by atoms with Gasteiger partial charge in [0.2, 0.25) is 0 Å². The molecule has 0 aliphatic carbocycles. The third-order valence-electron chi connectivity index (χ3n) is 3.67. The number of aliphatic carboxylic acids is 1. The molecule has 3 nitrogen and oxygen atoms in total. The lowest BCUT2D eigenvalue weighted by Gasteiger charge is -1.99. The molecule has 0 bridgehead atoms. The normalized spacial score (nSPS) is 10.7. The van der Waals surface area contributed by atoms with Crippen LogP contribution in [0.3, 0.4) is 0 Å². The summed E-state index contributed by atoms with van der Waals surface area (Å²) in [5, 5.41) is 10.0. The first-order valence-corrected chi connectivity index (χ1v) is 8.35. The average molecular weight is 323 g/mol. The van der Waals surface area contributed by atoms with Crippen molar-refractivity contribution in [2.45, 2.75) is 19.8 Å². The van der Waals surface area contributed by atoms with Crippen molar-refractivity contribution in [2.75, 3.05) is 0 Å². The standard InChI is InChI=1S/C19H17NO2S/c1-2-13-8-10-15(11-9-13)19-20-18(14-6-4-3-5-7-14)16(23-19)12-17(21)22/h3-11H,2,12H2,1H3,(H,21,22). The van der Waals surface area contributed by atoms with Crippen LogP contribution in [0.25, 0.3) is 21.8 Å². The van der Waals surface area contributed by atoms with Crippen molar-refractivity contribution in [1.29, 1.82) is 0 Å². The Morgan fingerprint density at radius 2 is 1.74 bits per heavy atom. The van der Waals surface area contributed by atoms with Crippen molar-refractivity contribution in [3.05, 3.63) is 65.0 Å². The van der Waals surface area contributed by atoms with E-state index in [0.717, 1.165) is 33.1 Å². The number of carboxylic acid groups (broad SMARTS) is 1. The topological polar surface area (TPSA) is 50.2 Å². The average Bonchev–Trinajstić information content (AvgIpc) is 2.99. The smallest absolute Gasteiger partial charge is 0.308 e. The van der Waals surface area contributed by atoms with Crippen molar-refractivity contribution < 1.29 is 9.90 Å². The zero-order valence-electron chi connectivity index (χ0n) is 12.8. The number of carboxylic acids is 1. The summed E-state index contributed by atoms with van der Waals surface area (Å²) in [4.78, 5) is 16.7. The van der Waals surface area contributed by atoms with Crippen molar-refractivity contribution in [2.24, 2.45) is 0 Å². The van der Waals surface area contributed by atoms with Crippen LogP contribution in [-0.4, -0.2) is 16.1 Å². The van der Waals surface area contributed by atoms with E-state index in [9.17, 15) is 4.79 Å². The van der Waals surface area contributed by atoms with Crippen molar-refractivity contribution in [1.82, 2.24) is 4.98 Å². The minimum absolute atomic E-state index is 0.00502. The molecule has 2 aromatic carbocycles. The van der Waals surface area contributed by atoms with E-state index in [-0.39, 0.29) is 6.42 Å². The van der Waals surface area contributed by atoms with Gasteiger partial charge in [0.05, 0.1) is 12.1 Å². The maximum Gasteiger partial charge on any atom is 0.308 e. The molecule has 1 heterocycles. The van der Waals surface area contributed by atoms with Crippen LogP contribution in [-0.2, 0) is 17.6 Å². The van der Waals surface area contributed by atoms with Gasteiger partial charge >= 0.3 is 5.97 Å². The second-order valence-electron chi connectivity index (χ2n) is 5.28. The number of thiazole rings is 1. The van der Waals surface area contributed by atoms with E-state index in [1.54, 1.807) is 0 Å². The summed E-state index contributed by atoms with van der Waals surface area (Å²) < 4.78 is 0. The predicted octanol–water partition coefficient (Wildman–Crippen LogP) is 4.67. The van der Waals surface area contributed by atoms with Crippen LogP contribution in [0.5, 0.6) is 0 Å². The molecule has 0 saturated carbocycles. The molecule has 116 valence electrons. The maximum atomic E-state index is 11.2. The van der Waals surface area contributed by atoms with Crippen molar-refractivity contribution in [3.63, 3.8) is 0 Å². The molecule has 0 saturated heterocycles. The number of benzene rings is 2. The molecule has 1 aromatic heterocycles. The molecular formula is C19H17NO2S. The Balaban J connectivity index is 2.05. The van der Waals surface area contributed by atoms with Gasteiger partial charge in [0, 0.05) is 16.0 Å². The lowest BCUT2D eigenvalue weighted by molar-refractivity contribution is -0.136. The van der Waals surface area contributed by atoms with Crippen LogP contribution in [0.1, 0.15) is 17.4 Å². The molecule has 0 amide bonds. The first-order valence-electron chi connectivity index (χ1n) is 7.53. The molecule has 3 aromatic rings. The van der Waals surface area contributed by atoms with Gasteiger partial charge in [-0.05, 0) is 12.0 Å². The number of aromatic nitrogens is 1. The second kappa shape index (κ2) is 6.75. The fourth-order valence-corrected chi connectivity index (χ4v) is 3.52. The van der Waals surface area contributed by atoms with Crippen LogP contribution >= 0.6 is 11.3 Å². The summed E-state index contributed by atoms with van der Waals surface area (Å²) in [6.45, 7) is 2.12. The zero-order valence-corrected chi connectivity index (χ0v) is 13.6. The molecule has 3 rings (SSSR count). The highest BCUT2D eigenvalue weighted by molar-refractivity contribution is 7.15. The largest absolute Gasteiger partial charge is 0.481 e. The Morgan fingerprint density at radius 1 is 1.04 bits per heavy atom. The molecule has 0 atom stereocenters. The SMILES string of the molecule is CCc1ccc(-c2nc(-c3ccccc3)c(CC(=O)O)s2)cc1. The van der Waals surface area contributed by atoms with E-state index >= 15 is 0 Å². The highest BCUT2D eigenvalue weighted by atomic mass is 32.1. The number of carbonyl (C=O) groups is 1. The maximum absolute atomic E-state index is 11.2. The molecule has 0 aliphatic rings. The van der Waals surface area contributed by atoms with Crippen molar-refractivity contribution >= 4 is 17.3 Å². The molecule has 0 fully saturated rings. The first kappa shape index (κ1) is 15.4. The van der Waals surface area contributed by atoms with Gasteiger partial charge in [0.1, 0.15) is 5.01 Å². The second-order valence-corrected chi connectivity index (χ2v) is 6.36. The monoisotopic (exact) mass is 323 g/mol. The molecule has 4 heteroatoms. The summed E-state index contributed by atoms with van der Waals surface area (Å²) in [6, 6.07) is 18.0. The van der Waals surface area contributed by atoms with Gasteiger partial charge in [-0.2, -0.15) is 0 Å². The third-order valence-corrected chi connectivity index (χ3v) is 4.77. The van der Waals surface area contributed by atoms with E-state index in [1.165, 1.54) is 16.9 Å². The zero-order chi connectivity index (χ0) is 16.2. The lowest BCUT2D eigenvalue weighted by atomic mass is 10.1. The molecule has 0 spiro atoms. The van der Waals surface area contributed by atoms with Crippen LogP contribution < -0.4 is 0 Å². The van der Waals surface area contributed by atoms with Crippen LogP contribution in [0.2, 0.25) is 0 Å². The summed E-state index contributed by atoms with van der Waals surface area (Å²) in [5.41, 5.74) is 4.03. The molecule has 23 heavy (non-hydrogen) atoms. The predicted molar refractivity (Wildman–Crippen MR) is 93.7 cm³/mol. The van der Waals surface area contributed by atoms with Crippen LogP contribution in [0.4, 0.5) is 0 Å². The molecule has 0 aliphatic heterocycles. The summed E-state index contributed by atoms with van der Waals surface area (Å²) >= 11 is 1.46. The number of nitrogens with zero attached hydrogens (tertiary/aromatic N) is 1. The van der Waals surface area contributed by atoms with E-state index < -0.39 is 5.97 Å². The van der Waals surface area contributed by atoms with Gasteiger partial charge in [-0.15, -0.1) is 11.3 Å². The minimum atomic E-state index is -0.835. The Morgan fingerprint density at radius 3 is 2.35 bits per heavy atom. The molecule has 1 N–H and O–H groups in total. The van der Waals surface area contributed by atoms with E-state index in [0.29, 0.717) is 0 Å². The highest BCUT2D eigenvalue weighted by Crippen LogP contribution is 2.34. The highest BCUT2D eigenvalue weighted by Gasteiger charge is 2.16. The van der Waals surface area contributed by atoms with E-state index in [1.807, 2.05) is 30.3 Å². The van der Waals surface area contributed by atoms with Crippen LogP contribution in [0.15, 0.2) is 54.6 Å². The number of rotatable bonds is 5. The molecule has 0 radical (unpaired) electrons. The quantitative estimate of drug-likeness (QED) is 0.742. The minimum Gasteiger partial charge on any atom is -0.481 e. The number of hydrogen-bond acceptors (Lipinski definition) is 3. The van der Waals surface area contributed by atoms with Gasteiger partial charge in [-0.3, -0.25) is 4.79 Å². The van der Waals surface area contributed by atoms with Gasteiger partial charge in [0.25, 0.3) is 0 Å². The van der Waals surface area contributed by atoms with Crippen LogP contribution in [0, 0.1) is 0 Å². The fourth-order valence-electron chi connectivity index (χ4n) is 2.44. The Hall–Kier alpha value is -2.46. The van der Waals surface area contributed by atoms with Crippen molar-refractivity contribution in [3.8, 4) is 21.8 Å². The Bertz CT molecular complexity index is 807. The number of hydrogen-bond donors (Lipinski definition) is 1.